The highest BCUT2D eigenvalue weighted by Gasteiger charge is 2.47. The van der Waals surface area contributed by atoms with Gasteiger partial charge in [0.1, 0.15) is 37.3 Å². The van der Waals surface area contributed by atoms with Crippen LogP contribution in [0.2, 0.25) is 0 Å². The summed E-state index contributed by atoms with van der Waals surface area (Å²) in [4.78, 5) is 12.5. The topological polar surface area (TPSA) is 146 Å². The van der Waals surface area contributed by atoms with Crippen molar-refractivity contribution in [2.75, 3.05) is 6.61 Å². The lowest BCUT2D eigenvalue weighted by Gasteiger charge is -2.41. The SMILES string of the molecule is C=C[C@@H]1C2=CCO/C(=C\O)C2=CC(=O)[C@H]1O[C@H]1O[C@@H](O)[C@H](O)[C@@H](O)[C@@H]1O. The highest BCUT2D eigenvalue weighted by molar-refractivity contribution is 5.98. The van der Waals surface area contributed by atoms with Crippen LogP contribution in [0.25, 0.3) is 0 Å². The highest BCUT2D eigenvalue weighted by atomic mass is 16.7. The summed E-state index contributed by atoms with van der Waals surface area (Å²) in [5.41, 5.74) is 1.04. The van der Waals surface area contributed by atoms with Crippen molar-refractivity contribution in [2.45, 2.75) is 37.0 Å². The molecule has 0 aromatic rings. The number of carbonyl (C=O) groups excluding carboxylic acids is 1. The Morgan fingerprint density at radius 2 is 1.92 bits per heavy atom. The van der Waals surface area contributed by atoms with Gasteiger partial charge < -0.3 is 39.7 Å². The minimum atomic E-state index is -1.78. The molecule has 26 heavy (non-hydrogen) atoms. The van der Waals surface area contributed by atoms with Crippen LogP contribution in [-0.4, -0.2) is 74.9 Å². The summed E-state index contributed by atoms with van der Waals surface area (Å²) in [6.07, 6.45) is -4.38. The molecule has 2 heterocycles. The second-order valence-electron chi connectivity index (χ2n) is 6.11. The zero-order valence-corrected chi connectivity index (χ0v) is 13.6. The van der Waals surface area contributed by atoms with Gasteiger partial charge in [-0.1, -0.05) is 6.08 Å². The van der Waals surface area contributed by atoms with Gasteiger partial charge >= 0.3 is 0 Å². The van der Waals surface area contributed by atoms with Gasteiger partial charge in [-0.3, -0.25) is 4.79 Å². The number of carbonyl (C=O) groups is 1. The lowest BCUT2D eigenvalue weighted by molar-refractivity contribution is -0.346. The van der Waals surface area contributed by atoms with E-state index in [0.29, 0.717) is 11.1 Å². The van der Waals surface area contributed by atoms with Gasteiger partial charge in [0, 0.05) is 11.5 Å². The minimum absolute atomic E-state index is 0.143. The number of hydrogen-bond acceptors (Lipinski definition) is 9. The second-order valence-corrected chi connectivity index (χ2v) is 6.11. The Labute approximate surface area is 148 Å². The van der Waals surface area contributed by atoms with Crippen LogP contribution in [0.4, 0.5) is 0 Å². The van der Waals surface area contributed by atoms with Crippen molar-refractivity contribution in [3.63, 3.8) is 0 Å². The van der Waals surface area contributed by atoms with E-state index in [1.165, 1.54) is 12.2 Å². The van der Waals surface area contributed by atoms with Crippen molar-refractivity contribution in [1.82, 2.24) is 0 Å². The molecule has 3 aliphatic rings. The maximum absolute atomic E-state index is 12.5. The van der Waals surface area contributed by atoms with Gasteiger partial charge in [0.15, 0.2) is 24.1 Å². The van der Waals surface area contributed by atoms with Crippen LogP contribution in [-0.2, 0) is 19.0 Å². The summed E-state index contributed by atoms with van der Waals surface area (Å²) in [6.45, 7) is 3.88. The van der Waals surface area contributed by atoms with Crippen LogP contribution in [0.15, 0.2) is 48.0 Å². The number of aliphatic hydroxyl groups excluding tert-OH is 5. The Balaban J connectivity index is 1.87. The molecule has 0 aromatic carbocycles. The van der Waals surface area contributed by atoms with Crippen LogP contribution in [0, 0.1) is 5.92 Å². The first-order valence-electron chi connectivity index (χ1n) is 7.98. The molecule has 9 heteroatoms. The molecule has 0 amide bonds. The van der Waals surface area contributed by atoms with Gasteiger partial charge in [-0.15, -0.1) is 6.58 Å². The molecule has 0 aromatic heterocycles. The third-order valence-electron chi connectivity index (χ3n) is 4.57. The zero-order valence-electron chi connectivity index (χ0n) is 13.6. The van der Waals surface area contributed by atoms with E-state index in [-0.39, 0.29) is 12.4 Å². The van der Waals surface area contributed by atoms with Gasteiger partial charge in [0.2, 0.25) is 0 Å². The standard InChI is InChI=1S/C17H20O9/c1-2-7-8-3-4-24-11(6-18)9(8)5-10(19)15(7)25-17-14(22)12(20)13(21)16(23)26-17/h2-3,5-7,12-18,20-23H,1,4H2/b11-6-/t7-,12-,13-,14+,15+,16-,17+/m1/s1. The van der Waals surface area contributed by atoms with E-state index in [1.54, 1.807) is 6.08 Å². The predicted octanol–water partition coefficient (Wildman–Crippen LogP) is -1.20. The lowest BCUT2D eigenvalue weighted by atomic mass is 9.79. The molecule has 0 bridgehead atoms. The Morgan fingerprint density at radius 1 is 1.19 bits per heavy atom. The molecule has 2 aliphatic heterocycles. The van der Waals surface area contributed by atoms with Crippen molar-refractivity contribution in [3.05, 3.63) is 48.0 Å². The highest BCUT2D eigenvalue weighted by Crippen LogP contribution is 2.38. The maximum atomic E-state index is 12.5. The Morgan fingerprint density at radius 3 is 2.58 bits per heavy atom. The predicted molar refractivity (Wildman–Crippen MR) is 85.3 cm³/mol. The van der Waals surface area contributed by atoms with E-state index in [4.69, 9.17) is 14.2 Å². The molecule has 0 spiro atoms. The zero-order chi connectivity index (χ0) is 19.0. The minimum Gasteiger partial charge on any atom is -0.512 e. The normalized spacial score (nSPS) is 41.8. The molecule has 1 aliphatic carbocycles. The molecule has 1 fully saturated rings. The fourth-order valence-electron chi connectivity index (χ4n) is 3.18. The molecule has 142 valence electrons. The van der Waals surface area contributed by atoms with Gasteiger partial charge in [-0.25, -0.2) is 0 Å². The van der Waals surface area contributed by atoms with E-state index < -0.39 is 48.7 Å². The Kier molecular flexibility index (Phi) is 5.28. The van der Waals surface area contributed by atoms with E-state index in [9.17, 15) is 30.3 Å². The van der Waals surface area contributed by atoms with E-state index in [1.807, 2.05) is 0 Å². The van der Waals surface area contributed by atoms with Crippen molar-refractivity contribution in [2.24, 2.45) is 5.92 Å². The van der Waals surface area contributed by atoms with Gasteiger partial charge in [0.25, 0.3) is 0 Å². The quantitative estimate of drug-likeness (QED) is 0.306. The van der Waals surface area contributed by atoms with E-state index in [2.05, 4.69) is 6.58 Å². The first kappa shape index (κ1) is 18.8. The Hall–Kier alpha value is -2.01. The average molecular weight is 368 g/mol. The average Bonchev–Trinajstić information content (AvgIpc) is 2.64. The van der Waals surface area contributed by atoms with Gasteiger partial charge in [-0.05, 0) is 17.7 Å². The molecular formula is C17H20O9. The molecule has 0 radical (unpaired) electrons. The number of rotatable bonds is 3. The number of allylic oxidation sites excluding steroid dienone is 1. The first-order chi connectivity index (χ1) is 12.4. The maximum Gasteiger partial charge on any atom is 0.190 e. The number of hydrogen-bond donors (Lipinski definition) is 5. The summed E-state index contributed by atoms with van der Waals surface area (Å²) < 4.78 is 15.8. The number of ketones is 1. The molecule has 0 saturated carbocycles. The van der Waals surface area contributed by atoms with Crippen LogP contribution in [0.5, 0.6) is 0 Å². The first-order valence-corrected chi connectivity index (χ1v) is 7.98. The van der Waals surface area contributed by atoms with Crippen LogP contribution in [0.1, 0.15) is 0 Å². The number of ether oxygens (including phenoxy) is 3. The Bertz CT molecular complexity index is 680. The van der Waals surface area contributed by atoms with Crippen LogP contribution < -0.4 is 0 Å². The fourth-order valence-corrected chi connectivity index (χ4v) is 3.18. The van der Waals surface area contributed by atoms with Gasteiger partial charge in [-0.2, -0.15) is 0 Å². The smallest absolute Gasteiger partial charge is 0.190 e. The van der Waals surface area contributed by atoms with E-state index >= 15 is 0 Å². The third kappa shape index (κ3) is 3.09. The molecule has 1 saturated heterocycles. The van der Waals surface area contributed by atoms with Gasteiger partial charge in [0.05, 0.1) is 0 Å². The number of aliphatic hydroxyl groups is 5. The summed E-state index contributed by atoms with van der Waals surface area (Å²) >= 11 is 0. The lowest BCUT2D eigenvalue weighted by Crippen LogP contribution is -2.59. The monoisotopic (exact) mass is 368 g/mol. The summed E-state index contributed by atoms with van der Waals surface area (Å²) in [6, 6.07) is 0. The van der Waals surface area contributed by atoms with Crippen molar-refractivity contribution >= 4 is 5.78 Å². The van der Waals surface area contributed by atoms with Crippen LogP contribution in [0.3, 0.4) is 0 Å². The second kappa shape index (κ2) is 7.31. The largest absolute Gasteiger partial charge is 0.512 e. The molecular weight excluding hydrogens is 348 g/mol. The van der Waals surface area contributed by atoms with Crippen LogP contribution >= 0.6 is 0 Å². The van der Waals surface area contributed by atoms with Crippen molar-refractivity contribution in [3.8, 4) is 0 Å². The van der Waals surface area contributed by atoms with E-state index in [0.717, 1.165) is 6.26 Å². The molecule has 3 rings (SSSR count). The summed E-state index contributed by atoms with van der Waals surface area (Å²) in [7, 11) is 0. The van der Waals surface area contributed by atoms with Crippen molar-refractivity contribution < 1.29 is 44.5 Å². The summed E-state index contributed by atoms with van der Waals surface area (Å²) in [5, 5.41) is 48.2. The molecule has 7 atom stereocenters. The van der Waals surface area contributed by atoms with Crippen molar-refractivity contribution in [1.29, 1.82) is 0 Å². The third-order valence-corrected chi connectivity index (χ3v) is 4.57. The molecule has 9 nitrogen and oxygen atoms in total. The number of fused-ring (bicyclic) bond motifs is 1. The molecule has 0 unspecified atom stereocenters. The summed E-state index contributed by atoms with van der Waals surface area (Å²) in [5.74, 6) is -1.000. The molecule has 5 N–H and O–H groups in total. The fraction of sp³-hybridized carbons (Fsp3) is 0.471.